The quantitative estimate of drug-likeness (QED) is 0.223. The maximum atomic E-state index is 12.6. The van der Waals surface area contributed by atoms with Crippen LogP contribution in [0.5, 0.6) is 12.0 Å². The summed E-state index contributed by atoms with van der Waals surface area (Å²) in [6.07, 6.45) is 5.34. The Morgan fingerprint density at radius 1 is 0.767 bits per heavy atom. The van der Waals surface area contributed by atoms with Gasteiger partial charge >= 0.3 is 12.0 Å². The first-order chi connectivity index (χ1) is 20.3. The summed E-state index contributed by atoms with van der Waals surface area (Å²) in [4.78, 5) is 51.9. The number of nitrogens with zero attached hydrogens (tertiary/aromatic N) is 7. The van der Waals surface area contributed by atoms with Gasteiger partial charge in [0, 0.05) is 23.7 Å². The zero-order valence-corrected chi connectivity index (χ0v) is 28.5. The fourth-order valence-electron chi connectivity index (χ4n) is 3.70. The van der Waals surface area contributed by atoms with Gasteiger partial charge in [-0.3, -0.25) is 14.2 Å². The molecular formula is C30H45BrN8O4. The van der Waals surface area contributed by atoms with Crippen molar-refractivity contribution in [2.45, 2.75) is 86.6 Å². The van der Waals surface area contributed by atoms with Crippen LogP contribution in [0.25, 0.3) is 22.3 Å². The summed E-state index contributed by atoms with van der Waals surface area (Å²) in [6, 6.07) is 0.460. The van der Waals surface area contributed by atoms with E-state index < -0.39 is 0 Å². The number of methoxy groups -OCH3 is 2. The third kappa shape index (κ3) is 10.3. The monoisotopic (exact) mass is 660 g/mol. The first-order valence-electron chi connectivity index (χ1n) is 14.5. The highest BCUT2D eigenvalue weighted by Gasteiger charge is 2.16. The Kier molecular flexibility index (Phi) is 14.1. The highest BCUT2D eigenvalue weighted by Crippen LogP contribution is 2.16. The van der Waals surface area contributed by atoms with Crippen molar-refractivity contribution in [3.05, 3.63) is 44.5 Å². The van der Waals surface area contributed by atoms with Crippen LogP contribution in [-0.2, 0) is 6.54 Å². The largest absolute Gasteiger partial charge is 0.467 e. The van der Waals surface area contributed by atoms with Crippen molar-refractivity contribution in [1.29, 1.82) is 0 Å². The summed E-state index contributed by atoms with van der Waals surface area (Å²) in [5.74, 6) is 1.49. The molecule has 13 heteroatoms. The van der Waals surface area contributed by atoms with Crippen molar-refractivity contribution < 1.29 is 9.47 Å². The molecule has 4 aromatic heterocycles. The van der Waals surface area contributed by atoms with E-state index in [0.717, 1.165) is 17.7 Å². The molecule has 0 radical (unpaired) electrons. The maximum absolute atomic E-state index is 12.6. The predicted molar refractivity (Wildman–Crippen MR) is 174 cm³/mol. The minimum Gasteiger partial charge on any atom is -0.467 e. The molecule has 4 heterocycles. The van der Waals surface area contributed by atoms with Gasteiger partial charge in [-0.1, -0.05) is 71.3 Å². The van der Waals surface area contributed by atoms with Crippen molar-refractivity contribution in [1.82, 2.24) is 39.5 Å². The standard InChI is InChI=1S/C15H22N4O2.C10H12N4O2.C5H11Br/c1-9(2)6-7-19-13-11(8-16-15(18-13)21-5)17-12(10(3)4)14(19)20;1-5(2)7-9(15)13-8-6(12-7)4-11-10(14-8)16-3;1-5(2)3-4-6/h8-10H,6-7H2,1-5H3;4-5H,1-3H3,(H,11,13,14,15);5H,3-4H2,1-2H3. The molecule has 0 fully saturated rings. The lowest BCUT2D eigenvalue weighted by atomic mass is 10.1. The molecule has 0 atom stereocenters. The van der Waals surface area contributed by atoms with Crippen LogP contribution in [0.2, 0.25) is 0 Å². The number of aromatic nitrogens is 8. The molecule has 0 amide bonds. The van der Waals surface area contributed by atoms with Crippen molar-refractivity contribution in [3.63, 3.8) is 0 Å². The lowest BCUT2D eigenvalue weighted by Gasteiger charge is -2.14. The molecule has 12 nitrogen and oxygen atoms in total. The predicted octanol–water partition coefficient (Wildman–Crippen LogP) is 5.64. The second kappa shape index (κ2) is 17.0. The van der Waals surface area contributed by atoms with Crippen LogP contribution in [0.3, 0.4) is 0 Å². The van der Waals surface area contributed by atoms with E-state index in [0.29, 0.717) is 46.2 Å². The summed E-state index contributed by atoms with van der Waals surface area (Å²) in [7, 11) is 2.98. The van der Waals surface area contributed by atoms with Crippen molar-refractivity contribution in [2.75, 3.05) is 19.5 Å². The highest BCUT2D eigenvalue weighted by molar-refractivity contribution is 9.09. The molecule has 0 aliphatic rings. The second-order valence-electron chi connectivity index (χ2n) is 11.4. The minimum atomic E-state index is -0.219. The molecule has 4 aromatic rings. The van der Waals surface area contributed by atoms with E-state index >= 15 is 0 Å². The first-order valence-corrected chi connectivity index (χ1v) is 15.6. The van der Waals surface area contributed by atoms with Crippen LogP contribution in [0.4, 0.5) is 0 Å². The fourth-order valence-corrected chi connectivity index (χ4v) is 4.62. The van der Waals surface area contributed by atoms with Gasteiger partial charge in [0.2, 0.25) is 0 Å². The molecule has 0 aliphatic heterocycles. The summed E-state index contributed by atoms with van der Waals surface area (Å²) < 4.78 is 11.6. The third-order valence-electron chi connectivity index (χ3n) is 6.22. The van der Waals surface area contributed by atoms with Crippen LogP contribution in [0.1, 0.15) is 91.5 Å². The number of ether oxygens (including phenoxy) is 2. The van der Waals surface area contributed by atoms with E-state index in [4.69, 9.17) is 9.47 Å². The van der Waals surface area contributed by atoms with E-state index in [1.165, 1.54) is 26.8 Å². The van der Waals surface area contributed by atoms with E-state index in [-0.39, 0.29) is 35.0 Å². The lowest BCUT2D eigenvalue weighted by Crippen LogP contribution is -2.28. The molecule has 236 valence electrons. The molecule has 0 aliphatic carbocycles. The third-order valence-corrected chi connectivity index (χ3v) is 6.67. The molecule has 0 bridgehead atoms. The minimum absolute atomic E-state index is 0.0642. The molecule has 4 rings (SSSR count). The maximum Gasteiger partial charge on any atom is 0.318 e. The van der Waals surface area contributed by atoms with Gasteiger partial charge in [-0.05, 0) is 24.7 Å². The Hall–Kier alpha value is -3.48. The van der Waals surface area contributed by atoms with Crippen molar-refractivity contribution in [2.24, 2.45) is 11.8 Å². The van der Waals surface area contributed by atoms with Gasteiger partial charge < -0.3 is 14.5 Å². The summed E-state index contributed by atoms with van der Waals surface area (Å²) in [5.41, 5.74) is 2.87. The number of aromatic amines is 1. The molecule has 0 spiro atoms. The number of fused-ring (bicyclic) bond motifs is 2. The number of rotatable bonds is 9. The van der Waals surface area contributed by atoms with Gasteiger partial charge in [0.25, 0.3) is 11.1 Å². The Balaban J connectivity index is 0.000000259. The van der Waals surface area contributed by atoms with E-state index in [1.54, 1.807) is 10.8 Å². The van der Waals surface area contributed by atoms with Gasteiger partial charge in [-0.25, -0.2) is 19.9 Å². The van der Waals surface area contributed by atoms with Crippen LogP contribution in [0.15, 0.2) is 22.0 Å². The SMILES string of the molecule is CC(C)CCBr.COc1ncc2nc(C(C)C)c(=O)[nH]c2n1.COc1ncc2nc(C(C)C)c(=O)n(CCC(C)C)c2n1. The summed E-state index contributed by atoms with van der Waals surface area (Å²) in [6.45, 7) is 17.1. The molecule has 1 N–H and O–H groups in total. The average Bonchev–Trinajstić information content (AvgIpc) is 2.95. The number of H-pyrrole nitrogens is 1. The first kappa shape index (κ1) is 35.7. The molecule has 0 unspecified atom stereocenters. The second-order valence-corrected chi connectivity index (χ2v) is 12.2. The molecule has 0 saturated carbocycles. The van der Waals surface area contributed by atoms with E-state index in [9.17, 15) is 9.59 Å². The topological polar surface area (TPSA) is 151 Å². The van der Waals surface area contributed by atoms with E-state index in [1.807, 2.05) is 27.7 Å². The highest BCUT2D eigenvalue weighted by atomic mass is 79.9. The molecular weight excluding hydrogens is 616 g/mol. The number of hydrogen-bond donors (Lipinski definition) is 1. The zero-order chi connectivity index (χ0) is 32.3. The van der Waals surface area contributed by atoms with Crippen molar-refractivity contribution >= 4 is 38.3 Å². The normalized spacial score (nSPS) is 11.1. The smallest absolute Gasteiger partial charge is 0.318 e. The Morgan fingerprint density at radius 2 is 1.30 bits per heavy atom. The number of nitrogens with one attached hydrogen (secondary N) is 1. The lowest BCUT2D eigenvalue weighted by molar-refractivity contribution is 0.380. The zero-order valence-electron chi connectivity index (χ0n) is 26.9. The number of alkyl halides is 1. The van der Waals surface area contributed by atoms with Gasteiger partial charge in [-0.2, -0.15) is 9.97 Å². The van der Waals surface area contributed by atoms with E-state index in [2.05, 4.69) is 78.5 Å². The van der Waals surface area contributed by atoms with Crippen LogP contribution < -0.4 is 20.6 Å². The summed E-state index contributed by atoms with van der Waals surface area (Å²) in [5, 5.41) is 1.14. The molecule has 0 saturated heterocycles. The number of hydrogen-bond acceptors (Lipinski definition) is 10. The van der Waals surface area contributed by atoms with Gasteiger partial charge in [0.1, 0.15) is 22.4 Å². The Bertz CT molecular complexity index is 1580. The average molecular weight is 662 g/mol. The number of halogens is 1. The van der Waals surface area contributed by atoms with Gasteiger partial charge in [-0.15, -0.1) is 0 Å². The van der Waals surface area contributed by atoms with Crippen molar-refractivity contribution in [3.8, 4) is 12.0 Å². The van der Waals surface area contributed by atoms with Crippen LogP contribution in [-0.4, -0.2) is 59.0 Å². The number of aryl methyl sites for hydroxylation is 1. The molecule has 43 heavy (non-hydrogen) atoms. The summed E-state index contributed by atoms with van der Waals surface area (Å²) >= 11 is 3.35. The Morgan fingerprint density at radius 3 is 1.79 bits per heavy atom. The van der Waals surface area contributed by atoms with Gasteiger partial charge in [0.15, 0.2) is 11.3 Å². The van der Waals surface area contributed by atoms with Crippen LogP contribution >= 0.6 is 15.9 Å². The Labute approximate surface area is 261 Å². The fraction of sp³-hybridized carbons (Fsp3) is 0.600. The molecule has 0 aromatic carbocycles. The van der Waals surface area contributed by atoms with Crippen LogP contribution in [0, 0.1) is 11.8 Å². The van der Waals surface area contributed by atoms with Gasteiger partial charge in [0.05, 0.1) is 26.6 Å².